The molecule has 0 amide bonds. The van der Waals surface area contributed by atoms with E-state index in [1.807, 2.05) is 4.90 Å². The molecule has 1 N–H and O–H groups in total. The maximum absolute atomic E-state index is 12.7. The highest BCUT2D eigenvalue weighted by Crippen LogP contribution is 2.30. The van der Waals surface area contributed by atoms with Gasteiger partial charge in [-0.1, -0.05) is 6.92 Å². The zero-order chi connectivity index (χ0) is 15.1. The summed E-state index contributed by atoms with van der Waals surface area (Å²) in [5, 5.41) is 15.7. The van der Waals surface area contributed by atoms with E-state index in [4.69, 9.17) is 5.11 Å². The van der Waals surface area contributed by atoms with Crippen LogP contribution in [0.25, 0.3) is 0 Å². The van der Waals surface area contributed by atoms with Crippen molar-refractivity contribution < 1.29 is 23.1 Å². The number of alkyl halides is 3. The van der Waals surface area contributed by atoms with E-state index >= 15 is 0 Å². The van der Waals surface area contributed by atoms with Gasteiger partial charge in [0, 0.05) is 19.1 Å². The number of aliphatic carboxylic acids is 1. The van der Waals surface area contributed by atoms with Crippen molar-refractivity contribution in [3.63, 3.8) is 0 Å². The minimum atomic E-state index is -4.52. The molecule has 20 heavy (non-hydrogen) atoms. The average molecular weight is 292 g/mol. The van der Waals surface area contributed by atoms with Crippen molar-refractivity contribution in [2.45, 2.75) is 39.2 Å². The van der Waals surface area contributed by atoms with Gasteiger partial charge in [-0.2, -0.15) is 13.2 Å². The monoisotopic (exact) mass is 292 g/mol. The summed E-state index contributed by atoms with van der Waals surface area (Å²) in [6.07, 6.45) is -4.52. The summed E-state index contributed by atoms with van der Waals surface area (Å²) in [4.78, 5) is 12.8. The Morgan fingerprint density at radius 2 is 1.95 bits per heavy atom. The second kappa shape index (κ2) is 5.04. The lowest BCUT2D eigenvalue weighted by molar-refractivity contribution is -0.148. The molecule has 0 aromatic carbocycles. The van der Waals surface area contributed by atoms with Gasteiger partial charge in [-0.3, -0.25) is 9.69 Å². The van der Waals surface area contributed by atoms with Crippen LogP contribution in [0.1, 0.15) is 25.5 Å². The van der Waals surface area contributed by atoms with Crippen molar-refractivity contribution in [1.82, 2.24) is 19.7 Å². The second-order valence-electron chi connectivity index (χ2n) is 4.93. The molecular formula is C11H15F3N4O2. The fourth-order valence-corrected chi connectivity index (χ4v) is 2.26. The molecule has 6 nitrogen and oxygen atoms in total. The highest BCUT2D eigenvalue weighted by molar-refractivity contribution is 5.70. The van der Waals surface area contributed by atoms with Gasteiger partial charge < -0.3 is 9.67 Å². The Kier molecular flexibility index (Phi) is 3.72. The quantitative estimate of drug-likeness (QED) is 0.907. The van der Waals surface area contributed by atoms with Gasteiger partial charge in [0.15, 0.2) is 0 Å². The van der Waals surface area contributed by atoms with E-state index < -0.39 is 23.9 Å². The molecule has 2 rings (SSSR count). The van der Waals surface area contributed by atoms with E-state index in [0.717, 1.165) is 4.57 Å². The molecule has 2 heterocycles. The highest BCUT2D eigenvalue weighted by Gasteiger charge is 2.40. The van der Waals surface area contributed by atoms with Crippen LogP contribution < -0.4 is 0 Å². The lowest BCUT2D eigenvalue weighted by atomic mass is 10.0. The molecule has 0 fully saturated rings. The largest absolute Gasteiger partial charge is 0.481 e. The zero-order valence-corrected chi connectivity index (χ0v) is 11.1. The molecule has 0 aliphatic carbocycles. The third kappa shape index (κ3) is 2.62. The van der Waals surface area contributed by atoms with E-state index in [1.54, 1.807) is 13.8 Å². The fourth-order valence-electron chi connectivity index (χ4n) is 2.26. The minimum absolute atomic E-state index is 0.105. The standard InChI is InChI=1S/C11H15F3N4O2/c1-6(9(19)20)7(2)17-3-4-18-8(5-17)15-16-10(18)11(12,13)14/h6-7H,3-5H2,1-2H3,(H,19,20). The van der Waals surface area contributed by atoms with Gasteiger partial charge in [0.05, 0.1) is 12.5 Å². The first kappa shape index (κ1) is 14.8. The Labute approximate surface area is 113 Å². The predicted molar refractivity (Wildman–Crippen MR) is 61.7 cm³/mol. The summed E-state index contributed by atoms with van der Waals surface area (Å²) in [5.74, 6) is -2.31. The number of carboxylic acid groups (broad SMARTS) is 1. The van der Waals surface area contributed by atoms with Crippen LogP contribution in [0.5, 0.6) is 0 Å². The van der Waals surface area contributed by atoms with Crippen LogP contribution in [0.3, 0.4) is 0 Å². The van der Waals surface area contributed by atoms with Crippen LogP contribution >= 0.6 is 0 Å². The average Bonchev–Trinajstić information content (AvgIpc) is 2.79. The van der Waals surface area contributed by atoms with E-state index in [2.05, 4.69) is 10.2 Å². The molecule has 0 saturated carbocycles. The lowest BCUT2D eigenvalue weighted by Crippen LogP contribution is -2.45. The summed E-state index contributed by atoms with van der Waals surface area (Å²) < 4.78 is 39.1. The molecule has 1 aromatic heterocycles. The number of fused-ring (bicyclic) bond motifs is 1. The first-order valence-electron chi connectivity index (χ1n) is 6.18. The second-order valence-corrected chi connectivity index (χ2v) is 4.93. The number of rotatable bonds is 3. The van der Waals surface area contributed by atoms with Gasteiger partial charge in [0.2, 0.25) is 5.82 Å². The van der Waals surface area contributed by atoms with Gasteiger partial charge in [-0.25, -0.2) is 0 Å². The summed E-state index contributed by atoms with van der Waals surface area (Å²) in [6.45, 7) is 3.94. The minimum Gasteiger partial charge on any atom is -0.481 e. The molecule has 0 radical (unpaired) electrons. The molecule has 2 unspecified atom stereocenters. The molecular weight excluding hydrogens is 277 g/mol. The van der Waals surface area contributed by atoms with E-state index in [-0.39, 0.29) is 25.0 Å². The third-order valence-electron chi connectivity index (χ3n) is 3.73. The molecule has 0 bridgehead atoms. The summed E-state index contributed by atoms with van der Waals surface area (Å²) in [7, 11) is 0. The molecule has 2 atom stereocenters. The molecule has 1 aliphatic rings. The summed E-state index contributed by atoms with van der Waals surface area (Å²) in [6, 6.07) is -0.285. The lowest BCUT2D eigenvalue weighted by Gasteiger charge is -2.34. The van der Waals surface area contributed by atoms with Crippen LogP contribution in [-0.4, -0.2) is 43.3 Å². The third-order valence-corrected chi connectivity index (χ3v) is 3.73. The van der Waals surface area contributed by atoms with Gasteiger partial charge in [0.25, 0.3) is 0 Å². The summed E-state index contributed by atoms with van der Waals surface area (Å²) in [5.41, 5.74) is 0. The van der Waals surface area contributed by atoms with Crippen LogP contribution in [-0.2, 0) is 24.1 Å². The number of hydrogen-bond donors (Lipinski definition) is 1. The highest BCUT2D eigenvalue weighted by atomic mass is 19.4. The Balaban J connectivity index is 2.17. The Hall–Kier alpha value is -1.64. The normalized spacial score (nSPS) is 19.4. The number of hydrogen-bond acceptors (Lipinski definition) is 4. The van der Waals surface area contributed by atoms with Crippen LogP contribution in [0, 0.1) is 5.92 Å². The number of nitrogens with zero attached hydrogens (tertiary/aromatic N) is 4. The molecule has 0 spiro atoms. The van der Waals surface area contributed by atoms with Crippen molar-refractivity contribution >= 4 is 5.97 Å². The van der Waals surface area contributed by atoms with Gasteiger partial charge in [-0.05, 0) is 6.92 Å². The van der Waals surface area contributed by atoms with Crippen molar-refractivity contribution in [1.29, 1.82) is 0 Å². The van der Waals surface area contributed by atoms with Gasteiger partial charge in [-0.15, -0.1) is 10.2 Å². The Morgan fingerprint density at radius 3 is 2.50 bits per heavy atom. The van der Waals surface area contributed by atoms with Crippen molar-refractivity contribution in [3.8, 4) is 0 Å². The zero-order valence-electron chi connectivity index (χ0n) is 11.1. The Bertz CT molecular complexity index is 514. The number of carboxylic acids is 1. The molecule has 0 saturated heterocycles. The molecule has 1 aliphatic heterocycles. The SMILES string of the molecule is CC(C(=O)O)C(C)N1CCn2c(nnc2C(F)(F)F)C1. The van der Waals surface area contributed by atoms with Gasteiger partial charge >= 0.3 is 12.1 Å². The molecule has 9 heteroatoms. The fraction of sp³-hybridized carbons (Fsp3) is 0.727. The van der Waals surface area contributed by atoms with Crippen molar-refractivity contribution in [3.05, 3.63) is 11.6 Å². The first-order chi connectivity index (χ1) is 9.21. The first-order valence-corrected chi connectivity index (χ1v) is 6.18. The maximum atomic E-state index is 12.7. The van der Waals surface area contributed by atoms with E-state index in [9.17, 15) is 18.0 Å². The van der Waals surface area contributed by atoms with E-state index in [1.165, 1.54) is 0 Å². The van der Waals surface area contributed by atoms with E-state index in [0.29, 0.717) is 6.54 Å². The van der Waals surface area contributed by atoms with Crippen molar-refractivity contribution in [2.75, 3.05) is 6.54 Å². The molecule has 112 valence electrons. The van der Waals surface area contributed by atoms with Crippen LogP contribution in [0.2, 0.25) is 0 Å². The number of halogens is 3. The van der Waals surface area contributed by atoms with Crippen LogP contribution in [0.15, 0.2) is 0 Å². The summed E-state index contributed by atoms with van der Waals surface area (Å²) >= 11 is 0. The maximum Gasteiger partial charge on any atom is 0.451 e. The van der Waals surface area contributed by atoms with Gasteiger partial charge in [0.1, 0.15) is 5.82 Å². The topological polar surface area (TPSA) is 71.2 Å². The smallest absolute Gasteiger partial charge is 0.451 e. The van der Waals surface area contributed by atoms with Crippen molar-refractivity contribution in [2.24, 2.45) is 5.92 Å². The Morgan fingerprint density at radius 1 is 1.30 bits per heavy atom. The predicted octanol–water partition coefficient (Wildman–Crippen LogP) is 1.22. The molecule has 1 aromatic rings. The number of aromatic nitrogens is 3. The number of carbonyl (C=O) groups is 1. The van der Waals surface area contributed by atoms with Crippen LogP contribution in [0.4, 0.5) is 13.2 Å².